The van der Waals surface area contributed by atoms with Crippen molar-refractivity contribution in [3.63, 3.8) is 0 Å². The summed E-state index contributed by atoms with van der Waals surface area (Å²) >= 11 is 0. The summed E-state index contributed by atoms with van der Waals surface area (Å²) < 4.78 is 0. The summed E-state index contributed by atoms with van der Waals surface area (Å²) in [6, 6.07) is 0. The monoisotopic (exact) mass is 200 g/mol. The van der Waals surface area contributed by atoms with Gasteiger partial charge in [0.15, 0.2) is 0 Å². The maximum Gasteiger partial charge on any atom is 0.00842 e. The lowest BCUT2D eigenvalue weighted by molar-refractivity contribution is 0.601. The van der Waals surface area contributed by atoms with Crippen LogP contribution in [0.5, 0.6) is 0 Å². The molecule has 0 aromatic rings. The van der Waals surface area contributed by atoms with Crippen LogP contribution in [0, 0.1) is 17.8 Å². The SMILES string of the molecule is CC1=C2C=C(C(C)C)C=CC(C)C2C=C1. The fourth-order valence-electron chi connectivity index (χ4n) is 2.35. The summed E-state index contributed by atoms with van der Waals surface area (Å²) in [5.41, 5.74) is 4.42. The standard InChI is InChI=1S/C15H20/c1-10(2)13-7-5-11(3)14-8-6-12(4)15(14)9-13/h5-11,14H,1-4H3. The molecular weight excluding hydrogens is 180 g/mol. The van der Waals surface area contributed by atoms with Crippen LogP contribution in [0.1, 0.15) is 27.7 Å². The van der Waals surface area contributed by atoms with Crippen LogP contribution in [0.3, 0.4) is 0 Å². The average molecular weight is 200 g/mol. The Morgan fingerprint density at radius 1 is 1.13 bits per heavy atom. The second kappa shape index (κ2) is 3.84. The first kappa shape index (κ1) is 10.5. The van der Waals surface area contributed by atoms with E-state index in [4.69, 9.17) is 0 Å². The quantitative estimate of drug-likeness (QED) is 0.592. The van der Waals surface area contributed by atoms with Crippen LogP contribution in [0.4, 0.5) is 0 Å². The summed E-state index contributed by atoms with van der Waals surface area (Å²) in [5.74, 6) is 1.85. The molecule has 0 bridgehead atoms. The van der Waals surface area contributed by atoms with E-state index in [1.165, 1.54) is 16.7 Å². The Morgan fingerprint density at radius 2 is 1.87 bits per heavy atom. The highest BCUT2D eigenvalue weighted by atomic mass is 14.3. The minimum Gasteiger partial charge on any atom is -0.0805 e. The molecular formula is C15H20. The van der Waals surface area contributed by atoms with Crippen molar-refractivity contribution in [1.82, 2.24) is 0 Å². The van der Waals surface area contributed by atoms with E-state index in [1.54, 1.807) is 0 Å². The van der Waals surface area contributed by atoms with Crippen LogP contribution in [0.2, 0.25) is 0 Å². The molecule has 2 unspecified atom stereocenters. The number of hydrogen-bond acceptors (Lipinski definition) is 0. The molecule has 15 heavy (non-hydrogen) atoms. The van der Waals surface area contributed by atoms with E-state index in [0.717, 1.165) is 0 Å². The van der Waals surface area contributed by atoms with E-state index in [-0.39, 0.29) is 0 Å². The first-order valence-electron chi connectivity index (χ1n) is 5.88. The highest BCUT2D eigenvalue weighted by Crippen LogP contribution is 2.36. The summed E-state index contributed by atoms with van der Waals surface area (Å²) in [6.07, 6.45) is 11.7. The first-order valence-corrected chi connectivity index (χ1v) is 5.88. The second-order valence-corrected chi connectivity index (χ2v) is 5.04. The minimum atomic E-state index is 0.609. The van der Waals surface area contributed by atoms with Crippen LogP contribution >= 0.6 is 0 Å². The van der Waals surface area contributed by atoms with E-state index < -0.39 is 0 Å². The second-order valence-electron chi connectivity index (χ2n) is 5.04. The summed E-state index contributed by atoms with van der Waals surface area (Å²) in [7, 11) is 0. The first-order chi connectivity index (χ1) is 7.09. The van der Waals surface area contributed by atoms with Crippen molar-refractivity contribution in [2.45, 2.75) is 27.7 Å². The average Bonchev–Trinajstić information content (AvgIpc) is 2.43. The molecule has 0 amide bonds. The summed E-state index contributed by atoms with van der Waals surface area (Å²) in [5, 5.41) is 0. The molecule has 2 aliphatic carbocycles. The van der Waals surface area contributed by atoms with Crippen molar-refractivity contribution < 1.29 is 0 Å². The minimum absolute atomic E-state index is 0.609. The predicted molar refractivity (Wildman–Crippen MR) is 66.6 cm³/mol. The Bertz CT molecular complexity index is 375. The van der Waals surface area contributed by atoms with Gasteiger partial charge in [0, 0.05) is 5.92 Å². The zero-order chi connectivity index (χ0) is 11.0. The molecule has 2 rings (SSSR count). The van der Waals surface area contributed by atoms with E-state index in [2.05, 4.69) is 58.1 Å². The largest absolute Gasteiger partial charge is 0.0805 e. The van der Waals surface area contributed by atoms with Gasteiger partial charge in [-0.2, -0.15) is 0 Å². The van der Waals surface area contributed by atoms with Crippen LogP contribution in [-0.2, 0) is 0 Å². The zero-order valence-corrected chi connectivity index (χ0v) is 10.1. The van der Waals surface area contributed by atoms with Crippen molar-refractivity contribution in [3.8, 4) is 0 Å². The molecule has 80 valence electrons. The van der Waals surface area contributed by atoms with Crippen LogP contribution in [0.25, 0.3) is 0 Å². The van der Waals surface area contributed by atoms with E-state index in [1.807, 2.05) is 0 Å². The van der Waals surface area contributed by atoms with Crippen LogP contribution in [-0.4, -0.2) is 0 Å². The molecule has 0 heterocycles. The van der Waals surface area contributed by atoms with Crippen molar-refractivity contribution in [1.29, 1.82) is 0 Å². The molecule has 0 N–H and O–H groups in total. The van der Waals surface area contributed by atoms with Gasteiger partial charge in [-0.25, -0.2) is 0 Å². The Morgan fingerprint density at radius 3 is 2.53 bits per heavy atom. The van der Waals surface area contributed by atoms with Gasteiger partial charge in [-0.1, -0.05) is 51.2 Å². The Balaban J connectivity index is 2.43. The maximum atomic E-state index is 2.39. The molecule has 0 nitrogen and oxygen atoms in total. The van der Waals surface area contributed by atoms with Crippen LogP contribution in [0.15, 0.2) is 47.1 Å². The molecule has 2 atom stereocenters. The van der Waals surface area contributed by atoms with Crippen molar-refractivity contribution in [2.24, 2.45) is 17.8 Å². The topological polar surface area (TPSA) is 0 Å². The van der Waals surface area contributed by atoms with Gasteiger partial charge in [0.2, 0.25) is 0 Å². The maximum absolute atomic E-state index is 2.39. The number of fused-ring (bicyclic) bond motifs is 1. The number of rotatable bonds is 1. The van der Waals surface area contributed by atoms with Gasteiger partial charge >= 0.3 is 0 Å². The fraction of sp³-hybridized carbons (Fsp3) is 0.467. The smallest absolute Gasteiger partial charge is 0.00842 e. The number of allylic oxidation sites excluding steroid dienone is 8. The van der Waals surface area contributed by atoms with E-state index >= 15 is 0 Å². The molecule has 0 aromatic heterocycles. The lowest BCUT2D eigenvalue weighted by Gasteiger charge is -2.15. The molecule has 2 aliphatic rings. The predicted octanol–water partition coefficient (Wildman–Crippen LogP) is 4.28. The summed E-state index contributed by atoms with van der Waals surface area (Å²) in [6.45, 7) is 9.05. The van der Waals surface area contributed by atoms with Gasteiger partial charge < -0.3 is 0 Å². The number of hydrogen-bond donors (Lipinski definition) is 0. The third-order valence-corrected chi connectivity index (χ3v) is 3.52. The third-order valence-electron chi connectivity index (χ3n) is 3.52. The van der Waals surface area contributed by atoms with Gasteiger partial charge in [-0.05, 0) is 35.5 Å². The molecule has 0 saturated carbocycles. The molecule has 0 spiro atoms. The summed E-state index contributed by atoms with van der Waals surface area (Å²) in [4.78, 5) is 0. The molecule has 0 heteroatoms. The van der Waals surface area contributed by atoms with Gasteiger partial charge in [-0.15, -0.1) is 0 Å². The van der Waals surface area contributed by atoms with Gasteiger partial charge in [0.25, 0.3) is 0 Å². The van der Waals surface area contributed by atoms with Gasteiger partial charge in [0.1, 0.15) is 0 Å². The molecule has 0 aromatic carbocycles. The van der Waals surface area contributed by atoms with Crippen molar-refractivity contribution in [3.05, 3.63) is 47.1 Å². The molecule has 0 fully saturated rings. The Kier molecular flexibility index (Phi) is 2.68. The zero-order valence-electron chi connectivity index (χ0n) is 10.1. The van der Waals surface area contributed by atoms with E-state index in [0.29, 0.717) is 17.8 Å². The van der Waals surface area contributed by atoms with E-state index in [9.17, 15) is 0 Å². The highest BCUT2D eigenvalue weighted by molar-refractivity contribution is 5.47. The van der Waals surface area contributed by atoms with Crippen LogP contribution < -0.4 is 0 Å². The lowest BCUT2D eigenvalue weighted by Crippen LogP contribution is -2.05. The normalized spacial score (nSPS) is 29.5. The van der Waals surface area contributed by atoms with Gasteiger partial charge in [0.05, 0.1) is 0 Å². The highest BCUT2D eigenvalue weighted by Gasteiger charge is 2.23. The third kappa shape index (κ3) is 1.86. The lowest BCUT2D eigenvalue weighted by atomic mass is 9.89. The Hall–Kier alpha value is -1.04. The van der Waals surface area contributed by atoms with Gasteiger partial charge in [-0.3, -0.25) is 0 Å². The fourth-order valence-corrected chi connectivity index (χ4v) is 2.35. The van der Waals surface area contributed by atoms with Crippen molar-refractivity contribution in [2.75, 3.05) is 0 Å². The Labute approximate surface area is 93.1 Å². The molecule has 0 radical (unpaired) electrons. The van der Waals surface area contributed by atoms with Crippen molar-refractivity contribution >= 4 is 0 Å². The molecule has 0 saturated heterocycles. The molecule has 0 aliphatic heterocycles.